The van der Waals surface area contributed by atoms with Crippen LogP contribution in [0.2, 0.25) is 0 Å². The maximum absolute atomic E-state index is 12.7. The highest BCUT2D eigenvalue weighted by molar-refractivity contribution is 6.00. The Balaban J connectivity index is 1.60. The summed E-state index contributed by atoms with van der Waals surface area (Å²) in [6, 6.07) is 17.4. The highest BCUT2D eigenvalue weighted by Crippen LogP contribution is 2.14. The van der Waals surface area contributed by atoms with E-state index >= 15 is 0 Å². The molecular formula is C23H23N3O5. The Kier molecular flexibility index (Phi) is 7.53. The van der Waals surface area contributed by atoms with Crippen molar-refractivity contribution in [1.82, 2.24) is 9.78 Å². The molecule has 0 aliphatic heterocycles. The number of rotatable bonds is 9. The second kappa shape index (κ2) is 10.7. The van der Waals surface area contributed by atoms with Gasteiger partial charge >= 0.3 is 11.9 Å². The second-order valence-corrected chi connectivity index (χ2v) is 6.60. The van der Waals surface area contributed by atoms with E-state index in [2.05, 4.69) is 5.10 Å². The average molecular weight is 421 g/mol. The quantitative estimate of drug-likeness (QED) is 0.494. The lowest BCUT2D eigenvalue weighted by molar-refractivity contribution is -0.142. The summed E-state index contributed by atoms with van der Waals surface area (Å²) in [6.45, 7) is 1.72. The van der Waals surface area contributed by atoms with Gasteiger partial charge in [-0.25, -0.2) is 4.79 Å². The molecule has 3 aromatic rings. The molecule has 0 unspecified atom stereocenters. The molecule has 0 radical (unpaired) electrons. The Morgan fingerprint density at radius 3 is 2.35 bits per heavy atom. The lowest BCUT2D eigenvalue weighted by Gasteiger charge is -2.21. The molecule has 0 spiro atoms. The third-order valence-corrected chi connectivity index (χ3v) is 4.38. The van der Waals surface area contributed by atoms with Crippen molar-refractivity contribution in [1.29, 1.82) is 0 Å². The number of carbonyl (C=O) groups is 3. The zero-order valence-corrected chi connectivity index (χ0v) is 17.1. The van der Waals surface area contributed by atoms with Crippen LogP contribution in [0.1, 0.15) is 22.8 Å². The van der Waals surface area contributed by atoms with Crippen LogP contribution in [0.25, 0.3) is 0 Å². The third kappa shape index (κ3) is 6.27. The molecule has 8 heteroatoms. The van der Waals surface area contributed by atoms with Crippen molar-refractivity contribution in [2.75, 3.05) is 24.7 Å². The zero-order chi connectivity index (χ0) is 22.1. The second-order valence-electron chi connectivity index (χ2n) is 6.60. The molecule has 1 aromatic heterocycles. The smallest absolute Gasteiger partial charge is 0.338 e. The van der Waals surface area contributed by atoms with Gasteiger partial charge in [-0.3, -0.25) is 19.2 Å². The lowest BCUT2D eigenvalue weighted by Crippen LogP contribution is -2.39. The molecule has 0 N–H and O–H groups in total. The lowest BCUT2D eigenvalue weighted by atomic mass is 10.1. The van der Waals surface area contributed by atoms with E-state index in [1.807, 2.05) is 12.3 Å². The van der Waals surface area contributed by atoms with Gasteiger partial charge in [0, 0.05) is 18.1 Å². The van der Waals surface area contributed by atoms with E-state index in [0.717, 1.165) is 5.56 Å². The number of para-hydroxylation sites is 1. The molecule has 1 heterocycles. The highest BCUT2D eigenvalue weighted by Gasteiger charge is 2.21. The fourth-order valence-electron chi connectivity index (χ4n) is 2.88. The van der Waals surface area contributed by atoms with E-state index in [4.69, 9.17) is 9.47 Å². The fraction of sp³-hybridized carbons (Fsp3) is 0.217. The SMILES string of the molecule is CCOC(=O)CN(C(=O)COC(=O)c1ccc(Cn2cccn2)cc1)c1ccccc1. The Morgan fingerprint density at radius 1 is 0.968 bits per heavy atom. The Hall–Kier alpha value is -3.94. The number of benzene rings is 2. The molecule has 0 aliphatic rings. The molecule has 2 aromatic carbocycles. The summed E-state index contributed by atoms with van der Waals surface area (Å²) in [5, 5.41) is 4.14. The number of nitrogens with zero attached hydrogens (tertiary/aromatic N) is 3. The summed E-state index contributed by atoms with van der Waals surface area (Å²) < 4.78 is 11.9. The maximum Gasteiger partial charge on any atom is 0.338 e. The van der Waals surface area contributed by atoms with Gasteiger partial charge in [-0.15, -0.1) is 0 Å². The molecule has 0 saturated carbocycles. The molecular weight excluding hydrogens is 398 g/mol. The summed E-state index contributed by atoms with van der Waals surface area (Å²) in [7, 11) is 0. The number of hydrogen-bond acceptors (Lipinski definition) is 6. The van der Waals surface area contributed by atoms with Crippen LogP contribution in [0, 0.1) is 0 Å². The summed E-state index contributed by atoms with van der Waals surface area (Å²) in [5.41, 5.74) is 1.81. The maximum atomic E-state index is 12.7. The van der Waals surface area contributed by atoms with Gasteiger partial charge in [-0.05, 0) is 42.8 Å². The fourth-order valence-corrected chi connectivity index (χ4v) is 2.88. The van der Waals surface area contributed by atoms with Crippen molar-refractivity contribution in [3.05, 3.63) is 84.2 Å². The molecule has 8 nitrogen and oxygen atoms in total. The first-order chi connectivity index (χ1) is 15.1. The van der Waals surface area contributed by atoms with Crippen LogP contribution >= 0.6 is 0 Å². The molecule has 160 valence electrons. The molecule has 0 saturated heterocycles. The largest absolute Gasteiger partial charge is 0.465 e. The summed E-state index contributed by atoms with van der Waals surface area (Å²) in [4.78, 5) is 38.2. The van der Waals surface area contributed by atoms with Gasteiger partial charge in [0.15, 0.2) is 6.61 Å². The minimum absolute atomic E-state index is 0.209. The first-order valence-electron chi connectivity index (χ1n) is 9.81. The van der Waals surface area contributed by atoms with E-state index < -0.39 is 24.5 Å². The minimum Gasteiger partial charge on any atom is -0.465 e. The van der Waals surface area contributed by atoms with Crippen LogP contribution in [0.15, 0.2) is 73.1 Å². The number of aromatic nitrogens is 2. The van der Waals surface area contributed by atoms with Gasteiger partial charge in [0.1, 0.15) is 6.54 Å². The summed E-state index contributed by atoms with van der Waals surface area (Å²) >= 11 is 0. The number of ether oxygens (including phenoxy) is 2. The molecule has 0 bridgehead atoms. The van der Waals surface area contributed by atoms with Crippen molar-refractivity contribution in [2.24, 2.45) is 0 Å². The highest BCUT2D eigenvalue weighted by atomic mass is 16.5. The van der Waals surface area contributed by atoms with Crippen molar-refractivity contribution >= 4 is 23.5 Å². The number of hydrogen-bond donors (Lipinski definition) is 0. The van der Waals surface area contributed by atoms with Gasteiger partial charge in [-0.1, -0.05) is 30.3 Å². The normalized spacial score (nSPS) is 10.4. The molecule has 0 fully saturated rings. The van der Waals surface area contributed by atoms with Gasteiger partial charge in [0.2, 0.25) is 0 Å². The van der Waals surface area contributed by atoms with Gasteiger partial charge < -0.3 is 9.47 Å². The van der Waals surface area contributed by atoms with Crippen LogP contribution < -0.4 is 4.90 Å². The Bertz CT molecular complexity index is 1000. The monoisotopic (exact) mass is 421 g/mol. The molecule has 1 amide bonds. The Labute approximate surface area is 180 Å². The number of anilines is 1. The third-order valence-electron chi connectivity index (χ3n) is 4.38. The molecule has 3 rings (SSSR count). The number of amides is 1. The van der Waals surface area contributed by atoms with E-state index in [-0.39, 0.29) is 13.2 Å². The van der Waals surface area contributed by atoms with Crippen molar-refractivity contribution in [3.63, 3.8) is 0 Å². The Morgan fingerprint density at radius 2 is 1.71 bits per heavy atom. The van der Waals surface area contributed by atoms with Crippen LogP contribution in [-0.2, 0) is 25.6 Å². The van der Waals surface area contributed by atoms with Gasteiger partial charge in [0.05, 0.1) is 18.7 Å². The van der Waals surface area contributed by atoms with Crippen molar-refractivity contribution < 1.29 is 23.9 Å². The predicted octanol–water partition coefficient (Wildman–Crippen LogP) is 2.68. The van der Waals surface area contributed by atoms with E-state index in [1.165, 1.54) is 4.90 Å². The average Bonchev–Trinajstić information content (AvgIpc) is 3.30. The first kappa shape index (κ1) is 21.8. The zero-order valence-electron chi connectivity index (χ0n) is 17.1. The summed E-state index contributed by atoms with van der Waals surface area (Å²) in [6.07, 6.45) is 3.55. The van der Waals surface area contributed by atoms with Crippen LogP contribution in [0.3, 0.4) is 0 Å². The van der Waals surface area contributed by atoms with Crippen LogP contribution in [-0.4, -0.2) is 47.4 Å². The van der Waals surface area contributed by atoms with E-state index in [0.29, 0.717) is 17.8 Å². The predicted molar refractivity (Wildman–Crippen MR) is 113 cm³/mol. The van der Waals surface area contributed by atoms with Crippen molar-refractivity contribution in [2.45, 2.75) is 13.5 Å². The number of esters is 2. The van der Waals surface area contributed by atoms with Crippen LogP contribution in [0.5, 0.6) is 0 Å². The molecule has 0 aliphatic carbocycles. The summed E-state index contributed by atoms with van der Waals surface area (Å²) in [5.74, 6) is -1.69. The van der Waals surface area contributed by atoms with E-state index in [9.17, 15) is 14.4 Å². The molecule has 0 atom stereocenters. The minimum atomic E-state index is -0.622. The standard InChI is InChI=1S/C23H23N3O5/c1-2-30-22(28)16-26(20-7-4-3-5-8-20)21(27)17-31-23(29)19-11-9-18(10-12-19)15-25-14-6-13-24-25/h3-14H,2,15-17H2,1H3. The van der Waals surface area contributed by atoms with Gasteiger partial charge in [-0.2, -0.15) is 5.10 Å². The van der Waals surface area contributed by atoms with Gasteiger partial charge in [0.25, 0.3) is 5.91 Å². The topological polar surface area (TPSA) is 90.7 Å². The molecule has 31 heavy (non-hydrogen) atoms. The number of carbonyl (C=O) groups excluding carboxylic acids is 3. The van der Waals surface area contributed by atoms with E-state index in [1.54, 1.807) is 72.4 Å². The van der Waals surface area contributed by atoms with Crippen LogP contribution in [0.4, 0.5) is 5.69 Å². The first-order valence-corrected chi connectivity index (χ1v) is 9.81. The van der Waals surface area contributed by atoms with Crippen molar-refractivity contribution in [3.8, 4) is 0 Å².